The van der Waals surface area contributed by atoms with Crippen LogP contribution in [0.25, 0.3) is 0 Å². The zero-order valence-electron chi connectivity index (χ0n) is 12.6. The van der Waals surface area contributed by atoms with Gasteiger partial charge in [-0.3, -0.25) is 0 Å². The lowest BCUT2D eigenvalue weighted by Gasteiger charge is -2.21. The highest BCUT2D eigenvalue weighted by molar-refractivity contribution is 5.58. The molecular formula is C16H26N2O. The quantitative estimate of drug-likeness (QED) is 0.880. The number of rotatable bonds is 5. The van der Waals surface area contributed by atoms with Gasteiger partial charge in [0.1, 0.15) is 5.75 Å². The number of hydrogen-bond acceptors (Lipinski definition) is 3. The third-order valence-electron chi connectivity index (χ3n) is 3.97. The topological polar surface area (TPSA) is 24.5 Å². The summed E-state index contributed by atoms with van der Waals surface area (Å²) in [4.78, 5) is 2.18. The summed E-state index contributed by atoms with van der Waals surface area (Å²) in [5, 5.41) is 3.68. The van der Waals surface area contributed by atoms with Crippen LogP contribution in [0.4, 0.5) is 5.69 Å². The van der Waals surface area contributed by atoms with Crippen LogP contribution in [-0.4, -0.2) is 32.1 Å². The average Bonchev–Trinajstić information content (AvgIpc) is 2.75. The van der Waals surface area contributed by atoms with E-state index in [2.05, 4.69) is 49.4 Å². The predicted octanol–water partition coefficient (Wildman–Crippen LogP) is 3.36. The Labute approximate surface area is 116 Å². The highest BCUT2D eigenvalue weighted by atomic mass is 16.5. The Morgan fingerprint density at radius 3 is 2.68 bits per heavy atom. The Hall–Kier alpha value is -1.22. The van der Waals surface area contributed by atoms with Crippen molar-refractivity contribution in [3.8, 4) is 5.75 Å². The largest absolute Gasteiger partial charge is 0.495 e. The first-order chi connectivity index (χ1) is 9.10. The first-order valence-corrected chi connectivity index (χ1v) is 7.18. The first-order valence-electron chi connectivity index (χ1n) is 7.18. The van der Waals surface area contributed by atoms with Gasteiger partial charge in [0.15, 0.2) is 0 Å². The summed E-state index contributed by atoms with van der Waals surface area (Å²) >= 11 is 0. The van der Waals surface area contributed by atoms with Crippen molar-refractivity contribution in [2.75, 3.05) is 26.5 Å². The maximum Gasteiger partial charge on any atom is 0.141 e. The van der Waals surface area contributed by atoms with E-state index in [1.54, 1.807) is 7.11 Å². The fraction of sp³-hybridized carbons (Fsp3) is 0.625. The number of nitrogens with one attached hydrogen (secondary N) is 1. The molecule has 0 aliphatic heterocycles. The minimum atomic E-state index is 0.587. The van der Waals surface area contributed by atoms with Crippen molar-refractivity contribution in [3.05, 3.63) is 23.8 Å². The normalized spacial score (nSPS) is 22.8. The zero-order valence-corrected chi connectivity index (χ0v) is 12.6. The van der Waals surface area contributed by atoms with E-state index >= 15 is 0 Å². The molecule has 0 aromatic heterocycles. The van der Waals surface area contributed by atoms with Gasteiger partial charge in [0.05, 0.1) is 12.8 Å². The van der Waals surface area contributed by atoms with Gasteiger partial charge in [-0.2, -0.15) is 0 Å². The Balaban J connectivity index is 2.15. The minimum Gasteiger partial charge on any atom is -0.495 e. The summed E-state index contributed by atoms with van der Waals surface area (Å²) in [6.07, 6.45) is 3.93. The second-order valence-electron chi connectivity index (χ2n) is 5.93. The van der Waals surface area contributed by atoms with Gasteiger partial charge in [-0.05, 0) is 50.6 Å². The van der Waals surface area contributed by atoms with Crippen molar-refractivity contribution in [1.82, 2.24) is 4.90 Å². The van der Waals surface area contributed by atoms with Gasteiger partial charge >= 0.3 is 0 Å². The van der Waals surface area contributed by atoms with Gasteiger partial charge in [0.25, 0.3) is 0 Å². The number of methoxy groups -OCH3 is 1. The van der Waals surface area contributed by atoms with Gasteiger partial charge in [-0.15, -0.1) is 0 Å². The van der Waals surface area contributed by atoms with Gasteiger partial charge in [0, 0.05) is 12.6 Å². The number of hydrogen-bond donors (Lipinski definition) is 1. The molecule has 2 rings (SSSR count). The number of anilines is 1. The van der Waals surface area contributed by atoms with Crippen molar-refractivity contribution in [3.63, 3.8) is 0 Å². The highest BCUT2D eigenvalue weighted by Crippen LogP contribution is 2.32. The Morgan fingerprint density at radius 1 is 1.32 bits per heavy atom. The number of nitrogens with zero attached hydrogens (tertiary/aromatic N) is 1. The van der Waals surface area contributed by atoms with Crippen LogP contribution in [0.5, 0.6) is 5.75 Å². The molecule has 1 saturated carbocycles. The van der Waals surface area contributed by atoms with Crippen molar-refractivity contribution in [2.24, 2.45) is 5.92 Å². The summed E-state index contributed by atoms with van der Waals surface area (Å²) in [7, 11) is 5.93. The maximum absolute atomic E-state index is 5.47. The van der Waals surface area contributed by atoms with Gasteiger partial charge < -0.3 is 15.0 Å². The zero-order chi connectivity index (χ0) is 13.8. The summed E-state index contributed by atoms with van der Waals surface area (Å²) in [6.45, 7) is 3.29. The van der Waals surface area contributed by atoms with E-state index < -0.39 is 0 Å². The molecule has 1 aliphatic rings. The van der Waals surface area contributed by atoms with Crippen LogP contribution in [-0.2, 0) is 6.54 Å². The molecule has 1 aromatic carbocycles. The maximum atomic E-state index is 5.47. The summed E-state index contributed by atoms with van der Waals surface area (Å²) in [6, 6.07) is 7.02. The summed E-state index contributed by atoms with van der Waals surface area (Å²) in [5.74, 6) is 1.70. The highest BCUT2D eigenvalue weighted by Gasteiger charge is 2.23. The van der Waals surface area contributed by atoms with Crippen LogP contribution in [0.15, 0.2) is 18.2 Å². The Bertz CT molecular complexity index is 417. The lowest BCUT2D eigenvalue weighted by Crippen LogP contribution is -2.22. The molecule has 0 heterocycles. The van der Waals surface area contributed by atoms with Crippen LogP contribution >= 0.6 is 0 Å². The van der Waals surface area contributed by atoms with Crippen LogP contribution in [0, 0.1) is 5.92 Å². The minimum absolute atomic E-state index is 0.587. The molecule has 106 valence electrons. The van der Waals surface area contributed by atoms with Crippen LogP contribution in [0.2, 0.25) is 0 Å². The second kappa shape index (κ2) is 6.29. The van der Waals surface area contributed by atoms with Gasteiger partial charge in [-0.25, -0.2) is 0 Å². The standard InChI is InChI=1S/C16H26N2O/c1-12-6-5-7-14(12)17-15-10-13(11-18(2)3)8-9-16(15)19-4/h8-10,12,14,17H,5-7,11H2,1-4H3. The average molecular weight is 262 g/mol. The van der Waals surface area contributed by atoms with E-state index in [-0.39, 0.29) is 0 Å². The molecule has 0 amide bonds. The van der Waals surface area contributed by atoms with Crippen molar-refractivity contribution in [1.29, 1.82) is 0 Å². The molecular weight excluding hydrogens is 236 g/mol. The van der Waals surface area contributed by atoms with Gasteiger partial charge in [-0.1, -0.05) is 19.4 Å². The van der Waals surface area contributed by atoms with E-state index in [1.807, 2.05) is 0 Å². The van der Waals surface area contributed by atoms with Crippen LogP contribution < -0.4 is 10.1 Å². The molecule has 0 saturated heterocycles. The molecule has 19 heavy (non-hydrogen) atoms. The lowest BCUT2D eigenvalue weighted by atomic mass is 10.1. The van der Waals surface area contributed by atoms with Crippen molar-refractivity contribution in [2.45, 2.75) is 38.8 Å². The third-order valence-corrected chi connectivity index (χ3v) is 3.97. The SMILES string of the molecule is COc1ccc(CN(C)C)cc1NC1CCCC1C. The molecule has 1 N–H and O–H groups in total. The van der Waals surface area contributed by atoms with E-state index in [0.717, 1.165) is 23.9 Å². The smallest absolute Gasteiger partial charge is 0.141 e. The lowest BCUT2D eigenvalue weighted by molar-refractivity contribution is 0.400. The Kier molecular flexibility index (Phi) is 4.70. The van der Waals surface area contributed by atoms with E-state index in [4.69, 9.17) is 4.74 Å². The number of benzene rings is 1. The molecule has 1 aromatic rings. The number of ether oxygens (including phenoxy) is 1. The first kappa shape index (κ1) is 14.2. The van der Waals surface area contributed by atoms with E-state index in [9.17, 15) is 0 Å². The molecule has 1 aliphatic carbocycles. The molecule has 0 bridgehead atoms. The van der Waals surface area contributed by atoms with Crippen molar-refractivity contribution < 1.29 is 4.74 Å². The van der Waals surface area contributed by atoms with Crippen LogP contribution in [0.1, 0.15) is 31.7 Å². The van der Waals surface area contributed by atoms with Gasteiger partial charge in [0.2, 0.25) is 0 Å². The molecule has 3 heteroatoms. The molecule has 3 nitrogen and oxygen atoms in total. The second-order valence-corrected chi connectivity index (χ2v) is 5.93. The predicted molar refractivity (Wildman–Crippen MR) is 80.8 cm³/mol. The summed E-state index contributed by atoms with van der Waals surface area (Å²) in [5.41, 5.74) is 2.46. The molecule has 2 unspecified atom stereocenters. The van der Waals surface area contributed by atoms with E-state index in [0.29, 0.717) is 6.04 Å². The molecule has 0 radical (unpaired) electrons. The third kappa shape index (κ3) is 3.63. The Morgan fingerprint density at radius 2 is 2.11 bits per heavy atom. The monoisotopic (exact) mass is 262 g/mol. The summed E-state index contributed by atoms with van der Waals surface area (Å²) < 4.78 is 5.47. The fourth-order valence-corrected chi connectivity index (χ4v) is 2.89. The van der Waals surface area contributed by atoms with E-state index in [1.165, 1.54) is 24.8 Å². The molecule has 0 spiro atoms. The van der Waals surface area contributed by atoms with Crippen molar-refractivity contribution >= 4 is 5.69 Å². The molecule has 1 fully saturated rings. The molecule has 2 atom stereocenters. The fourth-order valence-electron chi connectivity index (χ4n) is 2.89. The van der Waals surface area contributed by atoms with Crippen LogP contribution in [0.3, 0.4) is 0 Å².